The van der Waals surface area contributed by atoms with Crippen LogP contribution in [0.4, 0.5) is 5.69 Å². The lowest BCUT2D eigenvalue weighted by Gasteiger charge is -2.35. The highest BCUT2D eigenvalue weighted by atomic mass is 32.2. The molecule has 0 radical (unpaired) electrons. The fraction of sp³-hybridized carbons (Fsp3) is 0.700. The molecule has 6 nitrogen and oxygen atoms in total. The summed E-state index contributed by atoms with van der Waals surface area (Å²) >= 11 is -1.99. The van der Waals surface area contributed by atoms with E-state index < -0.39 is 11.3 Å². The van der Waals surface area contributed by atoms with Gasteiger partial charge in [-0.1, -0.05) is 0 Å². The van der Waals surface area contributed by atoms with Crippen molar-refractivity contribution in [1.29, 1.82) is 0 Å². The molecule has 96 valence electrons. The van der Waals surface area contributed by atoms with Crippen LogP contribution in [0.5, 0.6) is 0 Å². The number of likely N-dealkylation sites (tertiary alicyclic amines) is 1. The molecule has 0 aromatic carbocycles. The SMILES string of the molecule is CN1CCC(N(c2cnn(C)c2)S(=O)O)CC1. The second-order valence-electron chi connectivity index (χ2n) is 4.46. The largest absolute Gasteiger partial charge is 0.306 e. The van der Waals surface area contributed by atoms with Crippen molar-refractivity contribution < 1.29 is 8.76 Å². The Morgan fingerprint density at radius 2 is 2.12 bits per heavy atom. The summed E-state index contributed by atoms with van der Waals surface area (Å²) in [4.78, 5) is 2.23. The maximum atomic E-state index is 11.5. The summed E-state index contributed by atoms with van der Waals surface area (Å²) < 4.78 is 24.1. The second-order valence-corrected chi connectivity index (χ2v) is 5.32. The Hall–Kier alpha value is -0.920. The van der Waals surface area contributed by atoms with E-state index in [1.165, 1.54) is 0 Å². The molecular formula is C10H18N4O2S. The van der Waals surface area contributed by atoms with Crippen LogP contribution in [0, 0.1) is 0 Å². The average molecular weight is 258 g/mol. The third-order valence-corrected chi connectivity index (χ3v) is 3.98. The molecule has 2 rings (SSSR count). The summed E-state index contributed by atoms with van der Waals surface area (Å²) in [5.41, 5.74) is 0.711. The van der Waals surface area contributed by atoms with Gasteiger partial charge in [-0.05, 0) is 33.0 Å². The van der Waals surface area contributed by atoms with Gasteiger partial charge in [0.1, 0.15) is 0 Å². The van der Waals surface area contributed by atoms with Crippen LogP contribution >= 0.6 is 0 Å². The molecule has 0 saturated carbocycles. The maximum absolute atomic E-state index is 11.5. The zero-order valence-electron chi connectivity index (χ0n) is 10.1. The van der Waals surface area contributed by atoms with Crippen LogP contribution in [0.1, 0.15) is 12.8 Å². The van der Waals surface area contributed by atoms with Gasteiger partial charge in [0, 0.05) is 19.3 Å². The van der Waals surface area contributed by atoms with Crippen molar-refractivity contribution in [3.63, 3.8) is 0 Å². The van der Waals surface area contributed by atoms with E-state index in [4.69, 9.17) is 0 Å². The van der Waals surface area contributed by atoms with Crippen LogP contribution in [-0.2, 0) is 18.3 Å². The summed E-state index contributed by atoms with van der Waals surface area (Å²) in [6.45, 7) is 1.91. The number of aromatic nitrogens is 2. The molecule has 1 N–H and O–H groups in total. The van der Waals surface area contributed by atoms with Crippen molar-refractivity contribution in [1.82, 2.24) is 14.7 Å². The van der Waals surface area contributed by atoms with E-state index in [9.17, 15) is 8.76 Å². The van der Waals surface area contributed by atoms with Crippen molar-refractivity contribution in [2.75, 3.05) is 24.4 Å². The molecule has 0 bridgehead atoms. The fourth-order valence-corrected chi connectivity index (χ4v) is 2.92. The van der Waals surface area contributed by atoms with Gasteiger partial charge < -0.3 is 4.90 Å². The van der Waals surface area contributed by atoms with Gasteiger partial charge in [0.25, 0.3) is 11.3 Å². The first-order valence-electron chi connectivity index (χ1n) is 5.65. The molecule has 7 heteroatoms. The molecule has 2 heterocycles. The van der Waals surface area contributed by atoms with Crippen LogP contribution in [0.15, 0.2) is 12.4 Å². The van der Waals surface area contributed by atoms with Crippen molar-refractivity contribution in [2.45, 2.75) is 18.9 Å². The predicted molar refractivity (Wildman–Crippen MR) is 67.0 cm³/mol. The molecule has 1 unspecified atom stereocenters. The van der Waals surface area contributed by atoms with Crippen molar-refractivity contribution in [3.8, 4) is 0 Å². The highest BCUT2D eigenvalue weighted by Gasteiger charge is 2.27. The minimum Gasteiger partial charge on any atom is -0.306 e. The molecule has 0 amide bonds. The first kappa shape index (κ1) is 12.5. The lowest BCUT2D eigenvalue weighted by atomic mass is 10.1. The number of aryl methyl sites for hydroxylation is 1. The molecule has 1 aromatic rings. The molecule has 0 aliphatic carbocycles. The Balaban J connectivity index is 2.15. The predicted octanol–water partition coefficient (Wildman–Crippen LogP) is 0.457. The van der Waals surface area contributed by atoms with Gasteiger partial charge in [-0.2, -0.15) is 5.10 Å². The van der Waals surface area contributed by atoms with Gasteiger partial charge in [-0.15, -0.1) is 0 Å². The third-order valence-electron chi connectivity index (χ3n) is 3.13. The topological polar surface area (TPSA) is 61.6 Å². The van der Waals surface area contributed by atoms with Crippen LogP contribution in [-0.4, -0.2) is 49.6 Å². The number of piperidine rings is 1. The number of nitrogens with zero attached hydrogens (tertiary/aromatic N) is 4. The normalized spacial score (nSPS) is 20.4. The van der Waals surface area contributed by atoms with Crippen LogP contribution in [0.2, 0.25) is 0 Å². The Kier molecular flexibility index (Phi) is 3.80. The average Bonchev–Trinajstić information content (AvgIpc) is 2.68. The zero-order valence-corrected chi connectivity index (χ0v) is 10.9. The third kappa shape index (κ3) is 2.85. The molecule has 1 atom stereocenters. The van der Waals surface area contributed by atoms with E-state index in [0.29, 0.717) is 5.69 Å². The van der Waals surface area contributed by atoms with E-state index in [0.717, 1.165) is 25.9 Å². The molecule has 1 aliphatic heterocycles. The summed E-state index contributed by atoms with van der Waals surface area (Å²) in [5, 5.41) is 4.05. The standard InChI is InChI=1S/C10H18N4O2S/c1-12-5-3-9(4-6-12)14(17(15)16)10-7-11-13(2)8-10/h7-9H,3-6H2,1-2H3,(H,15,16). The molecule has 1 saturated heterocycles. The monoisotopic (exact) mass is 258 g/mol. The number of hydrogen-bond donors (Lipinski definition) is 1. The Labute approximate surface area is 104 Å². The highest BCUT2D eigenvalue weighted by molar-refractivity contribution is 7.80. The van der Waals surface area contributed by atoms with Gasteiger partial charge in [0.2, 0.25) is 0 Å². The van der Waals surface area contributed by atoms with E-state index >= 15 is 0 Å². The molecular weight excluding hydrogens is 240 g/mol. The quantitative estimate of drug-likeness (QED) is 0.800. The van der Waals surface area contributed by atoms with E-state index in [2.05, 4.69) is 17.0 Å². The molecule has 1 fully saturated rings. The Morgan fingerprint density at radius 3 is 2.59 bits per heavy atom. The summed E-state index contributed by atoms with van der Waals surface area (Å²) in [5.74, 6) is 0. The van der Waals surface area contributed by atoms with E-state index in [1.807, 2.05) is 0 Å². The van der Waals surface area contributed by atoms with Crippen LogP contribution < -0.4 is 4.31 Å². The number of anilines is 1. The maximum Gasteiger partial charge on any atom is 0.262 e. The van der Waals surface area contributed by atoms with Gasteiger partial charge in [0.05, 0.1) is 11.9 Å². The minimum absolute atomic E-state index is 0.112. The summed E-state index contributed by atoms with van der Waals surface area (Å²) in [6.07, 6.45) is 5.20. The molecule has 17 heavy (non-hydrogen) atoms. The molecule has 1 aromatic heterocycles. The van der Waals surface area contributed by atoms with E-state index in [1.54, 1.807) is 28.4 Å². The van der Waals surface area contributed by atoms with Crippen molar-refractivity contribution >= 4 is 17.0 Å². The molecule has 0 spiro atoms. The fourth-order valence-electron chi connectivity index (χ4n) is 2.18. The lowest BCUT2D eigenvalue weighted by Crippen LogP contribution is -2.44. The minimum atomic E-state index is -1.99. The smallest absolute Gasteiger partial charge is 0.262 e. The van der Waals surface area contributed by atoms with Gasteiger partial charge in [-0.25, -0.2) is 4.21 Å². The van der Waals surface area contributed by atoms with Crippen LogP contribution in [0.3, 0.4) is 0 Å². The zero-order chi connectivity index (χ0) is 12.4. The van der Waals surface area contributed by atoms with Crippen LogP contribution in [0.25, 0.3) is 0 Å². The summed E-state index contributed by atoms with van der Waals surface area (Å²) in [6, 6.07) is 0.112. The Morgan fingerprint density at radius 1 is 1.47 bits per heavy atom. The molecule has 1 aliphatic rings. The highest BCUT2D eigenvalue weighted by Crippen LogP contribution is 2.23. The van der Waals surface area contributed by atoms with Crippen molar-refractivity contribution in [3.05, 3.63) is 12.4 Å². The van der Waals surface area contributed by atoms with Gasteiger partial charge >= 0.3 is 0 Å². The number of hydrogen-bond acceptors (Lipinski definition) is 3. The second kappa shape index (κ2) is 5.16. The first-order chi connectivity index (χ1) is 8.08. The van der Waals surface area contributed by atoms with Gasteiger partial charge in [0.15, 0.2) is 0 Å². The van der Waals surface area contributed by atoms with Crippen molar-refractivity contribution in [2.24, 2.45) is 7.05 Å². The Bertz CT molecular complexity index is 401. The first-order valence-corrected chi connectivity index (χ1v) is 6.71. The van der Waals surface area contributed by atoms with E-state index in [-0.39, 0.29) is 6.04 Å². The van der Waals surface area contributed by atoms with Gasteiger partial charge in [-0.3, -0.25) is 13.5 Å². The summed E-state index contributed by atoms with van der Waals surface area (Å²) in [7, 11) is 3.87. The lowest BCUT2D eigenvalue weighted by molar-refractivity contribution is 0.257. The number of rotatable bonds is 3.